The molecule has 2 rings (SSSR count). The minimum Gasteiger partial charge on any atom is -0.374 e. The molecule has 4 nitrogen and oxygen atoms in total. The molecule has 0 radical (unpaired) electrons. The Morgan fingerprint density at radius 3 is 2.94 bits per heavy atom. The van der Waals surface area contributed by atoms with Crippen LogP contribution in [0, 0.1) is 0 Å². The van der Waals surface area contributed by atoms with Crippen LogP contribution in [0.3, 0.4) is 0 Å². The van der Waals surface area contributed by atoms with Crippen LogP contribution in [0.15, 0.2) is 24.3 Å². The first-order chi connectivity index (χ1) is 7.74. The van der Waals surface area contributed by atoms with Gasteiger partial charge in [-0.2, -0.15) is 5.10 Å². The summed E-state index contributed by atoms with van der Waals surface area (Å²) in [5, 5.41) is 5.11. The van der Waals surface area contributed by atoms with E-state index in [0.29, 0.717) is 12.3 Å². The highest BCUT2D eigenvalue weighted by Crippen LogP contribution is 2.17. The summed E-state index contributed by atoms with van der Waals surface area (Å²) in [6, 6.07) is 7.68. The highest BCUT2D eigenvalue weighted by atomic mass is 16.5. The zero-order chi connectivity index (χ0) is 11.5. The van der Waals surface area contributed by atoms with Crippen molar-refractivity contribution in [1.82, 2.24) is 9.78 Å². The van der Waals surface area contributed by atoms with Gasteiger partial charge >= 0.3 is 0 Å². The molecule has 0 aliphatic carbocycles. The zero-order valence-electron chi connectivity index (χ0n) is 9.43. The molecule has 0 atom stereocenters. The van der Waals surface area contributed by atoms with E-state index < -0.39 is 0 Å². The monoisotopic (exact) mass is 218 g/mol. The predicted octanol–water partition coefficient (Wildman–Crippen LogP) is 1.79. The molecule has 0 N–H and O–H groups in total. The number of carbonyl (C=O) groups is 1. The number of Topliss-reactive ketones (excluding diaryl/α,β-unsaturated/α-hetero) is 1. The summed E-state index contributed by atoms with van der Waals surface area (Å²) in [6.07, 6.45) is 0. The van der Waals surface area contributed by atoms with Gasteiger partial charge in [0.15, 0.2) is 0 Å². The second kappa shape index (κ2) is 4.45. The molecule has 0 saturated carbocycles. The fourth-order valence-corrected chi connectivity index (χ4v) is 1.68. The van der Waals surface area contributed by atoms with E-state index in [1.165, 1.54) is 0 Å². The normalized spacial score (nSPS) is 10.9. The lowest BCUT2D eigenvalue weighted by molar-refractivity contribution is 0.0779. The Morgan fingerprint density at radius 1 is 1.44 bits per heavy atom. The standard InChI is InChI=1S/C12H14N2O2/c1-3-16-8-11(15)12-9-6-4-5-7-10(9)14(2)13-12/h4-7H,3,8H2,1-2H3. The van der Waals surface area contributed by atoms with E-state index in [1.807, 2.05) is 38.2 Å². The fraction of sp³-hybridized carbons (Fsp3) is 0.333. The third-order valence-electron chi connectivity index (χ3n) is 2.46. The SMILES string of the molecule is CCOCC(=O)c1nn(C)c2ccccc12. The number of carbonyl (C=O) groups excluding carboxylic acids is 1. The van der Waals surface area contributed by atoms with E-state index in [9.17, 15) is 4.79 Å². The average molecular weight is 218 g/mol. The van der Waals surface area contributed by atoms with Gasteiger partial charge in [0.2, 0.25) is 5.78 Å². The highest BCUT2D eigenvalue weighted by Gasteiger charge is 2.15. The predicted molar refractivity (Wildman–Crippen MR) is 61.5 cm³/mol. The molecule has 1 heterocycles. The number of ether oxygens (including phenoxy) is 1. The van der Waals surface area contributed by atoms with Crippen molar-refractivity contribution in [3.8, 4) is 0 Å². The minimum atomic E-state index is -0.0707. The van der Waals surface area contributed by atoms with Crippen LogP contribution in [-0.4, -0.2) is 28.8 Å². The van der Waals surface area contributed by atoms with E-state index in [0.717, 1.165) is 10.9 Å². The lowest BCUT2D eigenvalue weighted by atomic mass is 10.1. The van der Waals surface area contributed by atoms with E-state index >= 15 is 0 Å². The van der Waals surface area contributed by atoms with Crippen LogP contribution in [0.1, 0.15) is 17.4 Å². The smallest absolute Gasteiger partial charge is 0.209 e. The van der Waals surface area contributed by atoms with Crippen LogP contribution in [-0.2, 0) is 11.8 Å². The van der Waals surface area contributed by atoms with Crippen LogP contribution in [0.4, 0.5) is 0 Å². The number of hydrogen-bond acceptors (Lipinski definition) is 3. The Labute approximate surface area is 93.8 Å². The number of ketones is 1. The summed E-state index contributed by atoms with van der Waals surface area (Å²) in [5.41, 5.74) is 1.45. The summed E-state index contributed by atoms with van der Waals surface area (Å²) >= 11 is 0. The Morgan fingerprint density at radius 2 is 2.19 bits per heavy atom. The van der Waals surface area contributed by atoms with E-state index in [1.54, 1.807) is 4.68 Å². The van der Waals surface area contributed by atoms with Gasteiger partial charge in [-0.1, -0.05) is 18.2 Å². The third-order valence-corrected chi connectivity index (χ3v) is 2.46. The largest absolute Gasteiger partial charge is 0.374 e. The van der Waals surface area contributed by atoms with Crippen molar-refractivity contribution in [1.29, 1.82) is 0 Å². The Hall–Kier alpha value is -1.68. The summed E-state index contributed by atoms with van der Waals surface area (Å²) in [5.74, 6) is -0.0707. The van der Waals surface area contributed by atoms with E-state index in [2.05, 4.69) is 5.10 Å². The summed E-state index contributed by atoms with van der Waals surface area (Å²) in [7, 11) is 1.83. The topological polar surface area (TPSA) is 44.1 Å². The number of fused-ring (bicyclic) bond motifs is 1. The van der Waals surface area contributed by atoms with Gasteiger partial charge < -0.3 is 4.74 Å². The maximum Gasteiger partial charge on any atom is 0.209 e. The lowest BCUT2D eigenvalue weighted by Gasteiger charge is -1.97. The van der Waals surface area contributed by atoms with Gasteiger partial charge in [-0.15, -0.1) is 0 Å². The molecule has 0 spiro atoms. The second-order valence-corrected chi connectivity index (χ2v) is 3.55. The number of hydrogen-bond donors (Lipinski definition) is 0. The molecule has 16 heavy (non-hydrogen) atoms. The molecular formula is C12H14N2O2. The Kier molecular flexibility index (Phi) is 3.01. The van der Waals surface area contributed by atoms with Crippen molar-refractivity contribution >= 4 is 16.7 Å². The number of aromatic nitrogens is 2. The number of rotatable bonds is 4. The van der Waals surface area contributed by atoms with Gasteiger partial charge in [-0.3, -0.25) is 9.48 Å². The first-order valence-electron chi connectivity index (χ1n) is 5.26. The van der Waals surface area contributed by atoms with Crippen LogP contribution in [0.2, 0.25) is 0 Å². The first kappa shape index (κ1) is 10.8. The Bertz CT molecular complexity index is 517. The van der Waals surface area contributed by atoms with Crippen LogP contribution < -0.4 is 0 Å². The van der Waals surface area contributed by atoms with Crippen molar-refractivity contribution in [3.63, 3.8) is 0 Å². The van der Waals surface area contributed by atoms with Crippen LogP contribution in [0.25, 0.3) is 10.9 Å². The molecule has 0 unspecified atom stereocenters. The van der Waals surface area contributed by atoms with E-state index in [4.69, 9.17) is 4.74 Å². The highest BCUT2D eigenvalue weighted by molar-refractivity contribution is 6.06. The van der Waals surface area contributed by atoms with Crippen molar-refractivity contribution < 1.29 is 9.53 Å². The summed E-state index contributed by atoms with van der Waals surface area (Å²) in [6.45, 7) is 2.50. The number of benzene rings is 1. The number of nitrogens with zero attached hydrogens (tertiary/aromatic N) is 2. The molecule has 0 bridgehead atoms. The molecule has 4 heteroatoms. The van der Waals surface area contributed by atoms with Gasteiger partial charge in [0.1, 0.15) is 12.3 Å². The van der Waals surface area contributed by atoms with Crippen molar-refractivity contribution in [2.24, 2.45) is 7.05 Å². The van der Waals surface area contributed by atoms with Crippen molar-refractivity contribution in [3.05, 3.63) is 30.0 Å². The van der Waals surface area contributed by atoms with Crippen molar-refractivity contribution in [2.75, 3.05) is 13.2 Å². The molecular weight excluding hydrogens is 204 g/mol. The molecule has 0 aliphatic rings. The average Bonchev–Trinajstić information content (AvgIpc) is 2.65. The van der Waals surface area contributed by atoms with E-state index in [-0.39, 0.29) is 12.4 Å². The van der Waals surface area contributed by atoms with Crippen LogP contribution >= 0.6 is 0 Å². The van der Waals surface area contributed by atoms with Crippen molar-refractivity contribution in [2.45, 2.75) is 6.92 Å². The molecule has 0 amide bonds. The van der Waals surface area contributed by atoms with Crippen LogP contribution in [0.5, 0.6) is 0 Å². The first-order valence-corrected chi connectivity index (χ1v) is 5.26. The number of aryl methyl sites for hydroxylation is 1. The molecule has 0 fully saturated rings. The Balaban J connectivity index is 2.41. The maximum absolute atomic E-state index is 11.8. The van der Waals surface area contributed by atoms with Gasteiger partial charge in [0.25, 0.3) is 0 Å². The molecule has 1 aromatic heterocycles. The molecule has 1 aromatic carbocycles. The second-order valence-electron chi connectivity index (χ2n) is 3.55. The quantitative estimate of drug-likeness (QED) is 0.735. The maximum atomic E-state index is 11.8. The summed E-state index contributed by atoms with van der Waals surface area (Å²) in [4.78, 5) is 11.8. The van der Waals surface area contributed by atoms with Gasteiger partial charge in [-0.25, -0.2) is 0 Å². The van der Waals surface area contributed by atoms with Gasteiger partial charge in [0.05, 0.1) is 5.52 Å². The molecule has 0 saturated heterocycles. The third kappa shape index (κ3) is 1.84. The zero-order valence-corrected chi connectivity index (χ0v) is 9.43. The van der Waals surface area contributed by atoms with Gasteiger partial charge in [-0.05, 0) is 13.0 Å². The summed E-state index contributed by atoms with van der Waals surface area (Å²) < 4.78 is 6.83. The molecule has 2 aromatic rings. The minimum absolute atomic E-state index is 0.0707. The lowest BCUT2D eigenvalue weighted by Crippen LogP contribution is -2.10. The molecule has 84 valence electrons. The molecule has 0 aliphatic heterocycles. The van der Waals surface area contributed by atoms with Gasteiger partial charge in [0, 0.05) is 19.0 Å². The number of para-hydroxylation sites is 1. The fourth-order valence-electron chi connectivity index (χ4n) is 1.68.